The molecule has 0 bridgehead atoms. The van der Waals surface area contributed by atoms with Gasteiger partial charge in [0, 0.05) is 12.6 Å². The van der Waals surface area contributed by atoms with Crippen LogP contribution in [0, 0.1) is 0 Å². The minimum Gasteiger partial charge on any atom is -0.391 e. The van der Waals surface area contributed by atoms with E-state index in [0.29, 0.717) is 0 Å². The summed E-state index contributed by atoms with van der Waals surface area (Å²) in [7, 11) is 0. The van der Waals surface area contributed by atoms with Gasteiger partial charge >= 0.3 is 41.5 Å². The van der Waals surface area contributed by atoms with Gasteiger partial charge in [-0.15, -0.1) is 0 Å². The van der Waals surface area contributed by atoms with E-state index in [1.165, 1.54) is 13.0 Å². The zero-order chi connectivity index (χ0) is 25.2. The van der Waals surface area contributed by atoms with Gasteiger partial charge in [0.15, 0.2) is 6.67 Å². The van der Waals surface area contributed by atoms with Crippen molar-refractivity contribution in [1.29, 1.82) is 0 Å². The first-order valence-corrected chi connectivity index (χ1v) is 7.50. The standard InChI is InChI=1S/C14H12F15NO/c1-2-5-30-31-6-3-4-8(16,17)10(20,21)12(24,25)14(28,29)13(26,27)11(22,23)9(18,19)7-15/h2-3,5-6,30H,4,7H2,1H3. The van der Waals surface area contributed by atoms with Crippen LogP contribution in [0.15, 0.2) is 24.6 Å². The van der Waals surface area contributed by atoms with Crippen molar-refractivity contribution in [3.63, 3.8) is 0 Å². The zero-order valence-corrected chi connectivity index (χ0v) is 14.8. The van der Waals surface area contributed by atoms with E-state index in [2.05, 4.69) is 4.84 Å². The highest BCUT2D eigenvalue weighted by molar-refractivity contribution is 5.14. The Balaban J connectivity index is 6.12. The third-order valence-corrected chi connectivity index (χ3v) is 3.51. The van der Waals surface area contributed by atoms with Gasteiger partial charge in [-0.1, -0.05) is 6.08 Å². The smallest absolute Gasteiger partial charge is 0.384 e. The predicted molar refractivity (Wildman–Crippen MR) is 73.4 cm³/mol. The maximum Gasteiger partial charge on any atom is 0.384 e. The lowest BCUT2D eigenvalue weighted by atomic mass is 9.88. The van der Waals surface area contributed by atoms with Crippen molar-refractivity contribution in [2.24, 2.45) is 0 Å². The average Bonchev–Trinajstić information content (AvgIpc) is 2.63. The van der Waals surface area contributed by atoms with Crippen LogP contribution in [0.25, 0.3) is 0 Å². The Bertz CT molecular complexity index is 656. The summed E-state index contributed by atoms with van der Waals surface area (Å²) in [5, 5.41) is 0. The molecular weight excluding hydrogens is 483 g/mol. The van der Waals surface area contributed by atoms with Crippen LogP contribution in [0.5, 0.6) is 0 Å². The van der Waals surface area contributed by atoms with Crippen molar-refractivity contribution in [3.8, 4) is 0 Å². The van der Waals surface area contributed by atoms with Crippen molar-refractivity contribution in [2.75, 3.05) is 6.67 Å². The number of rotatable bonds is 12. The molecule has 0 aromatic heterocycles. The van der Waals surface area contributed by atoms with Crippen LogP contribution >= 0.6 is 0 Å². The van der Waals surface area contributed by atoms with Gasteiger partial charge in [-0.3, -0.25) is 0 Å². The molecule has 0 aliphatic heterocycles. The van der Waals surface area contributed by atoms with E-state index in [1.54, 1.807) is 0 Å². The molecule has 1 N–H and O–H groups in total. The number of hydroxylamine groups is 1. The van der Waals surface area contributed by atoms with Crippen molar-refractivity contribution < 1.29 is 70.7 Å². The lowest BCUT2D eigenvalue weighted by molar-refractivity contribution is -0.441. The first kappa shape index (κ1) is 29.0. The molecule has 0 saturated carbocycles. The molecule has 0 aliphatic rings. The average molecular weight is 495 g/mol. The van der Waals surface area contributed by atoms with Gasteiger partial charge in [0.25, 0.3) is 0 Å². The second kappa shape index (κ2) is 8.88. The third-order valence-electron chi connectivity index (χ3n) is 3.51. The van der Waals surface area contributed by atoms with Gasteiger partial charge in [0.2, 0.25) is 0 Å². The molecule has 0 rings (SSSR count). The molecule has 31 heavy (non-hydrogen) atoms. The second-order valence-corrected chi connectivity index (χ2v) is 5.73. The number of halogens is 15. The molecule has 0 unspecified atom stereocenters. The van der Waals surface area contributed by atoms with E-state index in [9.17, 15) is 65.9 Å². The molecule has 0 radical (unpaired) electrons. The lowest BCUT2D eigenvalue weighted by Crippen LogP contribution is -2.73. The second-order valence-electron chi connectivity index (χ2n) is 5.73. The van der Waals surface area contributed by atoms with Crippen LogP contribution in [-0.2, 0) is 4.84 Å². The highest BCUT2D eigenvalue weighted by Crippen LogP contribution is 2.62. The highest BCUT2D eigenvalue weighted by atomic mass is 19.4. The van der Waals surface area contributed by atoms with E-state index in [-0.39, 0.29) is 12.3 Å². The van der Waals surface area contributed by atoms with E-state index in [4.69, 9.17) is 0 Å². The van der Waals surface area contributed by atoms with Crippen molar-refractivity contribution >= 4 is 0 Å². The van der Waals surface area contributed by atoms with Gasteiger partial charge in [0.05, 0.1) is 0 Å². The fourth-order valence-electron chi connectivity index (χ4n) is 1.65. The Hall–Kier alpha value is -1.97. The minimum absolute atomic E-state index is 0.116. The molecule has 0 fully saturated rings. The SMILES string of the molecule is CC=CNOC=CCC(F)(F)C(F)(F)C(F)(F)C(F)(F)C(F)(F)C(F)(F)C(F)(F)CF. The zero-order valence-electron chi connectivity index (χ0n) is 14.8. The van der Waals surface area contributed by atoms with E-state index in [0.717, 1.165) is 6.20 Å². The van der Waals surface area contributed by atoms with Crippen molar-refractivity contribution in [1.82, 2.24) is 5.48 Å². The molecule has 0 saturated heterocycles. The monoisotopic (exact) mass is 495 g/mol. The van der Waals surface area contributed by atoms with Gasteiger partial charge in [0.1, 0.15) is 6.26 Å². The summed E-state index contributed by atoms with van der Waals surface area (Å²) in [4.78, 5) is 4.11. The van der Waals surface area contributed by atoms with Gasteiger partial charge in [-0.2, -0.15) is 61.5 Å². The molecule has 0 aromatic rings. The number of allylic oxidation sites excluding steroid dienone is 2. The quantitative estimate of drug-likeness (QED) is 0.147. The van der Waals surface area contributed by atoms with E-state index < -0.39 is 54.6 Å². The number of hydrogen-bond acceptors (Lipinski definition) is 2. The summed E-state index contributed by atoms with van der Waals surface area (Å²) in [5.41, 5.74) is 1.82. The van der Waals surface area contributed by atoms with E-state index >= 15 is 0 Å². The Morgan fingerprint density at radius 1 is 0.645 bits per heavy atom. The first-order chi connectivity index (χ1) is 13.6. The van der Waals surface area contributed by atoms with Crippen LogP contribution in [0.2, 0.25) is 0 Å². The Kier molecular flexibility index (Phi) is 8.31. The Morgan fingerprint density at radius 3 is 1.42 bits per heavy atom. The summed E-state index contributed by atoms with van der Waals surface area (Å²) in [5.74, 6) is -52.6. The van der Waals surface area contributed by atoms with Crippen LogP contribution in [0.1, 0.15) is 13.3 Å². The van der Waals surface area contributed by atoms with E-state index in [1.807, 2.05) is 5.48 Å². The summed E-state index contributed by atoms with van der Waals surface area (Å²) in [6, 6.07) is 0. The molecule has 0 spiro atoms. The Morgan fingerprint density at radius 2 is 1.03 bits per heavy atom. The molecule has 0 aliphatic carbocycles. The maximum atomic E-state index is 13.5. The third kappa shape index (κ3) is 4.63. The molecular formula is C14H12F15NO. The fourth-order valence-corrected chi connectivity index (χ4v) is 1.65. The number of alkyl halides is 15. The maximum absolute atomic E-state index is 13.5. The largest absolute Gasteiger partial charge is 0.391 e. The van der Waals surface area contributed by atoms with Gasteiger partial charge in [-0.25, -0.2) is 9.87 Å². The predicted octanol–water partition coefficient (Wildman–Crippen LogP) is 6.36. The van der Waals surface area contributed by atoms with Crippen molar-refractivity contribution in [3.05, 3.63) is 24.6 Å². The fraction of sp³-hybridized carbons (Fsp3) is 0.714. The van der Waals surface area contributed by atoms with Crippen LogP contribution in [0.3, 0.4) is 0 Å². The minimum atomic E-state index is -8.21. The molecule has 0 aromatic carbocycles. The molecule has 184 valence electrons. The molecule has 0 atom stereocenters. The molecule has 17 heteroatoms. The van der Waals surface area contributed by atoms with Crippen LogP contribution in [0.4, 0.5) is 65.9 Å². The summed E-state index contributed by atoms with van der Waals surface area (Å²) in [6.07, 6.45) is -0.387. The topological polar surface area (TPSA) is 21.3 Å². The molecule has 0 amide bonds. The van der Waals surface area contributed by atoms with Crippen molar-refractivity contribution in [2.45, 2.75) is 54.8 Å². The number of nitrogens with one attached hydrogen (secondary N) is 1. The molecule has 0 heterocycles. The van der Waals surface area contributed by atoms with Crippen LogP contribution in [-0.4, -0.2) is 48.1 Å². The lowest BCUT2D eigenvalue weighted by Gasteiger charge is -2.42. The van der Waals surface area contributed by atoms with Gasteiger partial charge < -0.3 is 4.84 Å². The highest BCUT2D eigenvalue weighted by Gasteiger charge is 2.92. The number of hydrogen-bond donors (Lipinski definition) is 1. The summed E-state index contributed by atoms with van der Waals surface area (Å²) >= 11 is 0. The Labute approximate surface area is 163 Å². The molecule has 2 nitrogen and oxygen atoms in total. The normalized spacial score (nSPS) is 15.7. The van der Waals surface area contributed by atoms with Gasteiger partial charge in [-0.05, 0) is 13.0 Å². The first-order valence-electron chi connectivity index (χ1n) is 7.50. The summed E-state index contributed by atoms with van der Waals surface area (Å²) < 4.78 is 197. The summed E-state index contributed by atoms with van der Waals surface area (Å²) in [6.45, 7) is -2.39. The van der Waals surface area contributed by atoms with Crippen LogP contribution < -0.4 is 5.48 Å².